The van der Waals surface area contributed by atoms with Gasteiger partial charge in [-0.3, -0.25) is 0 Å². The van der Waals surface area contributed by atoms with Gasteiger partial charge in [-0.25, -0.2) is 21.6 Å². The highest BCUT2D eigenvalue weighted by molar-refractivity contribution is 7.91. The van der Waals surface area contributed by atoms with E-state index in [0.29, 0.717) is 13.0 Å². The third-order valence-corrected chi connectivity index (χ3v) is 6.62. The first-order valence-corrected chi connectivity index (χ1v) is 9.61. The van der Waals surface area contributed by atoms with Crippen molar-refractivity contribution >= 4 is 25.5 Å². The number of nitrogens with one attached hydrogen (secondary N) is 2. The summed E-state index contributed by atoms with van der Waals surface area (Å²) in [4.78, 5) is 0.203. The summed E-state index contributed by atoms with van der Waals surface area (Å²) in [5.41, 5.74) is 0.782. The van der Waals surface area contributed by atoms with Crippen molar-refractivity contribution in [3.8, 4) is 0 Å². The molecule has 1 aromatic rings. The molecule has 20 heavy (non-hydrogen) atoms. The van der Waals surface area contributed by atoms with E-state index in [4.69, 9.17) is 0 Å². The van der Waals surface area contributed by atoms with Gasteiger partial charge in [-0.05, 0) is 43.7 Å². The number of sulfonamides is 1. The normalized spacial score (nSPS) is 21.8. The fourth-order valence-electron chi connectivity index (χ4n) is 2.16. The zero-order valence-corrected chi connectivity index (χ0v) is 12.8. The van der Waals surface area contributed by atoms with Gasteiger partial charge in [0.15, 0.2) is 9.84 Å². The minimum absolute atomic E-state index is 0.126. The summed E-state index contributed by atoms with van der Waals surface area (Å²) >= 11 is 0. The summed E-state index contributed by atoms with van der Waals surface area (Å²) in [5.74, 6) is 0.617. The smallest absolute Gasteiger partial charge is 0.240 e. The SMILES string of the molecule is CNS(=O)(=O)c1ccc(NCC2CCS(=O)(=O)C2)cc1. The first-order valence-electron chi connectivity index (χ1n) is 6.30. The van der Waals surface area contributed by atoms with E-state index in [1.54, 1.807) is 12.1 Å². The van der Waals surface area contributed by atoms with Gasteiger partial charge in [-0.15, -0.1) is 0 Å². The lowest BCUT2D eigenvalue weighted by Crippen LogP contribution is -2.18. The summed E-state index contributed by atoms with van der Waals surface area (Å²) in [6.07, 6.45) is 0.682. The largest absolute Gasteiger partial charge is 0.385 e. The number of benzene rings is 1. The fraction of sp³-hybridized carbons (Fsp3) is 0.500. The minimum atomic E-state index is -3.42. The highest BCUT2D eigenvalue weighted by Gasteiger charge is 2.27. The van der Waals surface area contributed by atoms with Crippen LogP contribution in [0.25, 0.3) is 0 Å². The van der Waals surface area contributed by atoms with Crippen molar-refractivity contribution in [3.63, 3.8) is 0 Å². The topological polar surface area (TPSA) is 92.3 Å². The van der Waals surface area contributed by atoms with Crippen LogP contribution in [-0.2, 0) is 19.9 Å². The van der Waals surface area contributed by atoms with Crippen LogP contribution in [0.3, 0.4) is 0 Å². The van der Waals surface area contributed by atoms with Crippen molar-refractivity contribution in [1.82, 2.24) is 4.72 Å². The van der Waals surface area contributed by atoms with Gasteiger partial charge >= 0.3 is 0 Å². The number of rotatable bonds is 5. The van der Waals surface area contributed by atoms with Crippen LogP contribution >= 0.6 is 0 Å². The van der Waals surface area contributed by atoms with Crippen molar-refractivity contribution in [3.05, 3.63) is 24.3 Å². The molecule has 1 heterocycles. The lowest BCUT2D eigenvalue weighted by atomic mass is 10.1. The molecule has 8 heteroatoms. The van der Waals surface area contributed by atoms with Crippen molar-refractivity contribution in [2.45, 2.75) is 11.3 Å². The Morgan fingerprint density at radius 3 is 2.40 bits per heavy atom. The van der Waals surface area contributed by atoms with Crippen molar-refractivity contribution in [2.24, 2.45) is 5.92 Å². The molecule has 1 atom stereocenters. The Labute approximate surface area is 119 Å². The van der Waals surface area contributed by atoms with Crippen LogP contribution in [0, 0.1) is 5.92 Å². The van der Waals surface area contributed by atoms with Gasteiger partial charge in [-0.2, -0.15) is 0 Å². The van der Waals surface area contributed by atoms with Crippen LogP contribution in [-0.4, -0.2) is 41.9 Å². The lowest BCUT2D eigenvalue weighted by Gasteiger charge is -2.11. The molecular formula is C12H18N2O4S2. The van der Waals surface area contributed by atoms with Crippen LogP contribution in [0.15, 0.2) is 29.2 Å². The summed E-state index contributed by atoms with van der Waals surface area (Å²) in [6, 6.07) is 6.38. The molecule has 0 amide bonds. The highest BCUT2D eigenvalue weighted by atomic mass is 32.2. The Morgan fingerprint density at radius 1 is 1.25 bits per heavy atom. The fourth-order valence-corrected chi connectivity index (χ4v) is 4.76. The van der Waals surface area contributed by atoms with Gasteiger partial charge in [-0.1, -0.05) is 0 Å². The molecule has 2 N–H and O–H groups in total. The molecule has 0 bridgehead atoms. The Bertz CT molecular complexity index is 666. The molecule has 1 aromatic carbocycles. The average Bonchev–Trinajstić information content (AvgIpc) is 2.76. The third-order valence-electron chi connectivity index (χ3n) is 3.35. The number of hydrogen-bond donors (Lipinski definition) is 2. The second kappa shape index (κ2) is 5.71. The summed E-state index contributed by atoms with van der Waals surface area (Å²) in [5, 5.41) is 3.14. The van der Waals surface area contributed by atoms with E-state index in [2.05, 4.69) is 10.0 Å². The maximum absolute atomic E-state index is 11.6. The predicted molar refractivity (Wildman–Crippen MR) is 77.9 cm³/mol. The predicted octanol–water partition coefficient (Wildman–Crippen LogP) is 0.441. The molecule has 112 valence electrons. The summed E-state index contributed by atoms with van der Waals surface area (Å²) in [6.45, 7) is 0.581. The number of anilines is 1. The van der Waals surface area contributed by atoms with E-state index in [-0.39, 0.29) is 22.3 Å². The quantitative estimate of drug-likeness (QED) is 0.822. The monoisotopic (exact) mass is 318 g/mol. The maximum Gasteiger partial charge on any atom is 0.240 e. The molecule has 6 nitrogen and oxygen atoms in total. The molecule has 0 spiro atoms. The van der Waals surface area contributed by atoms with E-state index >= 15 is 0 Å². The van der Waals surface area contributed by atoms with Gasteiger partial charge in [0.1, 0.15) is 0 Å². The average molecular weight is 318 g/mol. The zero-order valence-electron chi connectivity index (χ0n) is 11.2. The molecule has 0 aliphatic carbocycles. The second-order valence-corrected chi connectivity index (χ2v) is 9.00. The van der Waals surface area contributed by atoms with Gasteiger partial charge in [0.05, 0.1) is 16.4 Å². The molecule has 1 saturated heterocycles. The summed E-state index contributed by atoms with van der Waals surface area (Å²) < 4.78 is 48.0. The second-order valence-electron chi connectivity index (χ2n) is 4.88. The summed E-state index contributed by atoms with van der Waals surface area (Å²) in [7, 11) is -4.91. The van der Waals surface area contributed by atoms with Crippen LogP contribution in [0.5, 0.6) is 0 Å². The van der Waals surface area contributed by atoms with Crippen molar-refractivity contribution < 1.29 is 16.8 Å². The van der Waals surface area contributed by atoms with E-state index in [0.717, 1.165) is 5.69 Å². The van der Waals surface area contributed by atoms with Gasteiger partial charge < -0.3 is 5.32 Å². The molecule has 1 fully saturated rings. The van der Waals surface area contributed by atoms with Crippen molar-refractivity contribution in [1.29, 1.82) is 0 Å². The molecule has 1 aliphatic heterocycles. The number of sulfone groups is 1. The van der Waals surface area contributed by atoms with E-state index < -0.39 is 19.9 Å². The maximum atomic E-state index is 11.6. The molecule has 2 rings (SSSR count). The van der Waals surface area contributed by atoms with Crippen LogP contribution in [0.2, 0.25) is 0 Å². The van der Waals surface area contributed by atoms with Gasteiger partial charge in [0.25, 0.3) is 0 Å². The lowest BCUT2D eigenvalue weighted by molar-refractivity contribution is 0.587. The molecule has 0 radical (unpaired) electrons. The standard InChI is InChI=1S/C12H18N2O4S2/c1-13-20(17,18)12-4-2-11(3-5-12)14-8-10-6-7-19(15,16)9-10/h2-5,10,13-14H,6-9H2,1H3. The third kappa shape index (κ3) is 3.71. The van der Waals surface area contributed by atoms with E-state index in [9.17, 15) is 16.8 Å². The van der Waals surface area contributed by atoms with Crippen LogP contribution < -0.4 is 10.0 Å². The first-order chi connectivity index (χ1) is 9.32. The van der Waals surface area contributed by atoms with Crippen molar-refractivity contribution in [2.75, 3.05) is 30.4 Å². The molecule has 1 aliphatic rings. The zero-order chi connectivity index (χ0) is 14.8. The van der Waals surface area contributed by atoms with Crippen LogP contribution in [0.1, 0.15) is 6.42 Å². The first kappa shape index (κ1) is 15.3. The number of hydrogen-bond acceptors (Lipinski definition) is 5. The van der Waals surface area contributed by atoms with Gasteiger partial charge in [0.2, 0.25) is 10.0 Å². The molecule has 0 saturated carbocycles. The van der Waals surface area contributed by atoms with Crippen LogP contribution in [0.4, 0.5) is 5.69 Å². The van der Waals surface area contributed by atoms with E-state index in [1.165, 1.54) is 19.2 Å². The Balaban J connectivity index is 1.95. The molecule has 0 aromatic heterocycles. The molecule has 1 unspecified atom stereocenters. The Morgan fingerprint density at radius 2 is 1.90 bits per heavy atom. The van der Waals surface area contributed by atoms with E-state index in [1.807, 2.05) is 0 Å². The Hall–Kier alpha value is -1.12. The Kier molecular flexibility index (Phi) is 4.36. The molecular weight excluding hydrogens is 300 g/mol. The van der Waals surface area contributed by atoms with Gasteiger partial charge in [0, 0.05) is 12.2 Å². The highest BCUT2D eigenvalue weighted by Crippen LogP contribution is 2.20. The minimum Gasteiger partial charge on any atom is -0.385 e.